The van der Waals surface area contributed by atoms with Gasteiger partial charge in [-0.3, -0.25) is 0 Å². The quantitative estimate of drug-likeness (QED) is 0.758. The normalized spacial score (nSPS) is 11.0. The SMILES string of the molecule is CCNCc1cc2ccccc2nc1N(C)CCOCC. The molecule has 1 aromatic heterocycles. The van der Waals surface area contributed by atoms with Crippen LogP contribution in [0.15, 0.2) is 30.3 Å². The van der Waals surface area contributed by atoms with Crippen molar-refractivity contribution in [1.82, 2.24) is 10.3 Å². The van der Waals surface area contributed by atoms with Crippen LogP contribution in [0.2, 0.25) is 0 Å². The molecule has 4 heteroatoms. The molecular weight excluding hydrogens is 262 g/mol. The maximum absolute atomic E-state index is 5.45. The van der Waals surface area contributed by atoms with Gasteiger partial charge in [0, 0.05) is 37.7 Å². The topological polar surface area (TPSA) is 37.4 Å². The van der Waals surface area contributed by atoms with E-state index in [1.807, 2.05) is 13.0 Å². The molecule has 0 unspecified atom stereocenters. The summed E-state index contributed by atoms with van der Waals surface area (Å²) >= 11 is 0. The number of ether oxygens (including phenoxy) is 1. The summed E-state index contributed by atoms with van der Waals surface area (Å²) in [6.45, 7) is 8.25. The molecule has 0 amide bonds. The Kier molecular flexibility index (Phi) is 5.96. The minimum Gasteiger partial charge on any atom is -0.380 e. The third kappa shape index (κ3) is 4.16. The lowest BCUT2D eigenvalue weighted by Gasteiger charge is -2.22. The molecule has 0 bridgehead atoms. The second-order valence-corrected chi connectivity index (χ2v) is 5.06. The fraction of sp³-hybridized carbons (Fsp3) is 0.471. The van der Waals surface area contributed by atoms with E-state index in [0.717, 1.165) is 44.2 Å². The van der Waals surface area contributed by atoms with E-state index in [1.54, 1.807) is 0 Å². The molecular formula is C17H25N3O. The number of anilines is 1. The predicted molar refractivity (Wildman–Crippen MR) is 88.9 cm³/mol. The highest BCUT2D eigenvalue weighted by Gasteiger charge is 2.11. The molecule has 1 heterocycles. The Labute approximate surface area is 127 Å². The smallest absolute Gasteiger partial charge is 0.133 e. The van der Waals surface area contributed by atoms with E-state index < -0.39 is 0 Å². The Morgan fingerprint density at radius 1 is 1.24 bits per heavy atom. The molecule has 0 aliphatic rings. The third-order valence-corrected chi connectivity index (χ3v) is 3.48. The maximum Gasteiger partial charge on any atom is 0.133 e. The summed E-state index contributed by atoms with van der Waals surface area (Å²) in [5, 5.41) is 4.58. The number of aromatic nitrogens is 1. The lowest BCUT2D eigenvalue weighted by molar-refractivity contribution is 0.154. The van der Waals surface area contributed by atoms with Crippen molar-refractivity contribution in [3.05, 3.63) is 35.9 Å². The van der Waals surface area contributed by atoms with Gasteiger partial charge in [0.1, 0.15) is 5.82 Å². The van der Waals surface area contributed by atoms with Crippen molar-refractivity contribution in [3.63, 3.8) is 0 Å². The van der Waals surface area contributed by atoms with Crippen molar-refractivity contribution >= 4 is 16.7 Å². The molecule has 0 saturated carbocycles. The summed E-state index contributed by atoms with van der Waals surface area (Å²) in [6, 6.07) is 10.5. The average Bonchev–Trinajstić information content (AvgIpc) is 2.52. The van der Waals surface area contributed by atoms with Crippen LogP contribution >= 0.6 is 0 Å². The zero-order chi connectivity index (χ0) is 15.1. The molecule has 0 saturated heterocycles. The van der Waals surface area contributed by atoms with Gasteiger partial charge in [0.15, 0.2) is 0 Å². The van der Waals surface area contributed by atoms with Gasteiger partial charge < -0.3 is 15.0 Å². The summed E-state index contributed by atoms with van der Waals surface area (Å²) in [5.41, 5.74) is 2.27. The van der Waals surface area contributed by atoms with Crippen LogP contribution in [-0.2, 0) is 11.3 Å². The second kappa shape index (κ2) is 7.96. The first-order valence-electron chi connectivity index (χ1n) is 7.64. The van der Waals surface area contributed by atoms with E-state index in [1.165, 1.54) is 10.9 Å². The van der Waals surface area contributed by atoms with Crippen LogP contribution in [0.1, 0.15) is 19.4 Å². The molecule has 0 atom stereocenters. The predicted octanol–water partition coefficient (Wildman–Crippen LogP) is 2.82. The zero-order valence-corrected chi connectivity index (χ0v) is 13.2. The Hall–Kier alpha value is -1.65. The number of nitrogens with zero attached hydrogens (tertiary/aromatic N) is 2. The number of fused-ring (bicyclic) bond motifs is 1. The van der Waals surface area contributed by atoms with Crippen LogP contribution in [0.3, 0.4) is 0 Å². The summed E-state index contributed by atoms with van der Waals surface area (Å²) < 4.78 is 5.45. The van der Waals surface area contributed by atoms with Gasteiger partial charge >= 0.3 is 0 Å². The van der Waals surface area contributed by atoms with Crippen LogP contribution in [0, 0.1) is 0 Å². The first-order valence-corrected chi connectivity index (χ1v) is 7.64. The Morgan fingerprint density at radius 2 is 2.05 bits per heavy atom. The number of para-hydroxylation sites is 1. The number of rotatable bonds is 8. The van der Waals surface area contributed by atoms with Crippen molar-refractivity contribution < 1.29 is 4.74 Å². The maximum atomic E-state index is 5.45. The highest BCUT2D eigenvalue weighted by Crippen LogP contribution is 2.22. The summed E-state index contributed by atoms with van der Waals surface area (Å²) in [4.78, 5) is 7.01. The molecule has 4 nitrogen and oxygen atoms in total. The highest BCUT2D eigenvalue weighted by molar-refractivity contribution is 5.81. The molecule has 0 aliphatic heterocycles. The van der Waals surface area contributed by atoms with Crippen LogP contribution in [0.5, 0.6) is 0 Å². The Bertz CT molecular complexity index is 571. The minimum atomic E-state index is 0.724. The highest BCUT2D eigenvalue weighted by atomic mass is 16.5. The summed E-state index contributed by atoms with van der Waals surface area (Å²) in [5.74, 6) is 1.04. The van der Waals surface area contributed by atoms with E-state index in [9.17, 15) is 0 Å². The van der Waals surface area contributed by atoms with Gasteiger partial charge in [0.2, 0.25) is 0 Å². The van der Waals surface area contributed by atoms with Crippen molar-refractivity contribution in [2.45, 2.75) is 20.4 Å². The Balaban J connectivity index is 2.28. The third-order valence-electron chi connectivity index (χ3n) is 3.48. The molecule has 114 valence electrons. The number of pyridine rings is 1. The number of hydrogen-bond donors (Lipinski definition) is 1. The van der Waals surface area contributed by atoms with Gasteiger partial charge in [0.25, 0.3) is 0 Å². The zero-order valence-electron chi connectivity index (χ0n) is 13.2. The van der Waals surface area contributed by atoms with Gasteiger partial charge in [0.05, 0.1) is 12.1 Å². The summed E-state index contributed by atoms with van der Waals surface area (Å²) in [6.07, 6.45) is 0. The van der Waals surface area contributed by atoms with E-state index in [2.05, 4.69) is 48.5 Å². The molecule has 0 aliphatic carbocycles. The van der Waals surface area contributed by atoms with Gasteiger partial charge in [-0.15, -0.1) is 0 Å². The van der Waals surface area contributed by atoms with Crippen molar-refractivity contribution in [3.8, 4) is 0 Å². The lowest BCUT2D eigenvalue weighted by atomic mass is 10.1. The molecule has 0 radical (unpaired) electrons. The second-order valence-electron chi connectivity index (χ2n) is 5.06. The molecule has 21 heavy (non-hydrogen) atoms. The van der Waals surface area contributed by atoms with Crippen LogP contribution in [0.4, 0.5) is 5.82 Å². The average molecular weight is 287 g/mol. The largest absolute Gasteiger partial charge is 0.380 e. The molecule has 0 fully saturated rings. The fourth-order valence-corrected chi connectivity index (χ4v) is 2.32. The van der Waals surface area contributed by atoms with E-state index >= 15 is 0 Å². The molecule has 2 aromatic rings. The van der Waals surface area contributed by atoms with Gasteiger partial charge in [-0.1, -0.05) is 25.1 Å². The van der Waals surface area contributed by atoms with Gasteiger partial charge in [-0.2, -0.15) is 0 Å². The molecule has 1 aromatic carbocycles. The Morgan fingerprint density at radius 3 is 2.81 bits per heavy atom. The van der Waals surface area contributed by atoms with Gasteiger partial charge in [-0.25, -0.2) is 4.98 Å². The first-order chi connectivity index (χ1) is 10.3. The van der Waals surface area contributed by atoms with Gasteiger partial charge in [-0.05, 0) is 25.6 Å². The first kappa shape index (κ1) is 15.7. The van der Waals surface area contributed by atoms with Crippen molar-refractivity contribution in [2.24, 2.45) is 0 Å². The van der Waals surface area contributed by atoms with Crippen molar-refractivity contribution in [1.29, 1.82) is 0 Å². The fourth-order valence-electron chi connectivity index (χ4n) is 2.32. The van der Waals surface area contributed by atoms with E-state index in [0.29, 0.717) is 0 Å². The van der Waals surface area contributed by atoms with Crippen molar-refractivity contribution in [2.75, 3.05) is 38.3 Å². The lowest BCUT2D eigenvalue weighted by Crippen LogP contribution is -2.26. The number of nitrogens with one attached hydrogen (secondary N) is 1. The molecule has 1 N–H and O–H groups in total. The number of hydrogen-bond acceptors (Lipinski definition) is 4. The van der Waals surface area contributed by atoms with Crippen LogP contribution in [-0.4, -0.2) is 38.3 Å². The van der Waals surface area contributed by atoms with Crippen LogP contribution in [0.25, 0.3) is 10.9 Å². The van der Waals surface area contributed by atoms with Crippen LogP contribution < -0.4 is 10.2 Å². The summed E-state index contributed by atoms with van der Waals surface area (Å²) in [7, 11) is 2.07. The van der Waals surface area contributed by atoms with E-state index in [4.69, 9.17) is 9.72 Å². The molecule has 0 spiro atoms. The number of likely N-dealkylation sites (N-methyl/N-ethyl adjacent to an activating group) is 1. The monoisotopic (exact) mass is 287 g/mol. The van der Waals surface area contributed by atoms with E-state index in [-0.39, 0.29) is 0 Å². The molecule has 2 rings (SSSR count). The standard InChI is InChI=1S/C17H25N3O/c1-4-18-13-15-12-14-8-6-7-9-16(14)19-17(15)20(3)10-11-21-5-2/h6-9,12,18H,4-5,10-11,13H2,1-3H3. The number of benzene rings is 1. The minimum absolute atomic E-state index is 0.724.